The summed E-state index contributed by atoms with van der Waals surface area (Å²) in [4.78, 5) is 38.2. The van der Waals surface area contributed by atoms with Crippen molar-refractivity contribution in [1.29, 1.82) is 0 Å². The Balaban J connectivity index is 2.86. The van der Waals surface area contributed by atoms with Crippen molar-refractivity contribution in [1.82, 2.24) is 10.2 Å². The van der Waals surface area contributed by atoms with Crippen LogP contribution in [-0.2, 0) is 30.4 Å². The van der Waals surface area contributed by atoms with Crippen LogP contribution >= 0.6 is 0 Å². The van der Waals surface area contributed by atoms with Gasteiger partial charge in [0.25, 0.3) is 0 Å². The van der Waals surface area contributed by atoms with Crippen LogP contribution in [-0.4, -0.2) is 60.8 Å². The van der Waals surface area contributed by atoms with Gasteiger partial charge in [-0.2, -0.15) is 0 Å². The van der Waals surface area contributed by atoms with Gasteiger partial charge in [-0.25, -0.2) is 4.79 Å². The normalized spacial score (nSPS) is 13.0. The number of nitrogens with one attached hydrogen (secondary N) is 1. The van der Waals surface area contributed by atoms with Crippen LogP contribution in [0.2, 0.25) is 0 Å². The molecule has 0 heterocycles. The van der Waals surface area contributed by atoms with Gasteiger partial charge in [0.05, 0.1) is 12.7 Å². The zero-order valence-corrected chi connectivity index (χ0v) is 18.3. The van der Waals surface area contributed by atoms with E-state index in [1.165, 1.54) is 18.0 Å². The van der Waals surface area contributed by atoms with Crippen LogP contribution in [0, 0.1) is 0 Å². The van der Waals surface area contributed by atoms with E-state index in [-0.39, 0.29) is 19.8 Å². The number of carbonyl (C=O) groups is 3. The van der Waals surface area contributed by atoms with E-state index >= 15 is 0 Å². The number of alkyl carbamates (subject to hydrolysis) is 1. The van der Waals surface area contributed by atoms with E-state index in [2.05, 4.69) is 11.9 Å². The molecule has 2 atom stereocenters. The molecule has 1 N–H and O–H groups in total. The number of hydrogen-bond acceptors (Lipinski definition) is 6. The number of ether oxygens (including phenoxy) is 3. The summed E-state index contributed by atoms with van der Waals surface area (Å²) in [5.74, 6) is -1.09. The maximum absolute atomic E-state index is 13.0. The molecule has 0 aliphatic carbocycles. The molecule has 0 saturated carbocycles. The van der Waals surface area contributed by atoms with Gasteiger partial charge in [-0.15, -0.1) is 0 Å². The van der Waals surface area contributed by atoms with Crippen LogP contribution < -0.4 is 5.32 Å². The van der Waals surface area contributed by atoms with Gasteiger partial charge in [0, 0.05) is 7.05 Å². The Bertz CT molecular complexity index is 714. The van der Waals surface area contributed by atoms with E-state index in [1.54, 1.807) is 27.7 Å². The second-order valence-electron chi connectivity index (χ2n) is 7.79. The summed E-state index contributed by atoms with van der Waals surface area (Å²) in [6.07, 6.45) is 0.00188. The van der Waals surface area contributed by atoms with Gasteiger partial charge < -0.3 is 24.4 Å². The first kappa shape index (κ1) is 25.2. The maximum Gasteiger partial charge on any atom is 0.408 e. The summed E-state index contributed by atoms with van der Waals surface area (Å²) in [5.41, 5.74) is 0.195. The zero-order valence-electron chi connectivity index (χ0n) is 18.3. The summed E-state index contributed by atoms with van der Waals surface area (Å²) >= 11 is 0. The lowest BCUT2D eigenvalue weighted by Crippen LogP contribution is -2.55. The number of nitrogens with zero attached hydrogens (tertiary/aromatic N) is 1. The van der Waals surface area contributed by atoms with Crippen LogP contribution in [0.5, 0.6) is 0 Å². The number of esters is 1. The first-order valence-corrected chi connectivity index (χ1v) is 9.70. The molecule has 0 aliphatic rings. The topological polar surface area (TPSA) is 94.2 Å². The molecule has 0 bridgehead atoms. The van der Waals surface area contributed by atoms with Crippen molar-refractivity contribution in [3.05, 3.63) is 48.6 Å². The van der Waals surface area contributed by atoms with Crippen LogP contribution in [0.25, 0.3) is 0 Å². The largest absolute Gasteiger partial charge is 0.460 e. The molecule has 0 spiro atoms. The quantitative estimate of drug-likeness (QED) is 0.462. The summed E-state index contributed by atoms with van der Waals surface area (Å²) in [7, 11) is 1.45. The lowest BCUT2D eigenvalue weighted by Gasteiger charge is -2.29. The summed E-state index contributed by atoms with van der Waals surface area (Å²) in [6, 6.07) is 8.39. The van der Waals surface area contributed by atoms with Crippen LogP contribution in [0.15, 0.2) is 43.0 Å². The summed E-state index contributed by atoms with van der Waals surface area (Å²) < 4.78 is 16.0. The Hall–Kier alpha value is -2.87. The predicted molar refractivity (Wildman–Crippen MR) is 113 cm³/mol. The highest BCUT2D eigenvalue weighted by Gasteiger charge is 2.32. The maximum atomic E-state index is 13.0. The molecular weight excluding hydrogens is 388 g/mol. The molecule has 0 saturated heterocycles. The molecule has 166 valence electrons. The number of likely N-dealkylation sites (N-methyl/N-ethyl adjacent to an activating group) is 1. The van der Waals surface area contributed by atoms with Crippen molar-refractivity contribution >= 4 is 18.0 Å². The third-order valence-corrected chi connectivity index (χ3v) is 3.87. The number of rotatable bonds is 10. The first-order valence-electron chi connectivity index (χ1n) is 9.70. The average molecular weight is 421 g/mol. The van der Waals surface area contributed by atoms with E-state index in [0.717, 1.165) is 5.56 Å². The fraction of sp³-hybridized carbons (Fsp3) is 0.500. The number of benzene rings is 1. The van der Waals surface area contributed by atoms with Crippen molar-refractivity contribution in [3.63, 3.8) is 0 Å². The molecule has 0 fully saturated rings. The molecule has 1 aromatic rings. The zero-order chi connectivity index (χ0) is 22.7. The van der Waals surface area contributed by atoms with E-state index in [4.69, 9.17) is 14.2 Å². The molecule has 1 unspecified atom stereocenters. The van der Waals surface area contributed by atoms with Crippen molar-refractivity contribution < 1.29 is 28.6 Å². The minimum absolute atomic E-state index is 0.0526. The van der Waals surface area contributed by atoms with Gasteiger partial charge in [0.15, 0.2) is 0 Å². The monoisotopic (exact) mass is 420 g/mol. The highest BCUT2D eigenvalue weighted by molar-refractivity contribution is 5.88. The van der Waals surface area contributed by atoms with Crippen molar-refractivity contribution in [2.75, 3.05) is 20.2 Å². The van der Waals surface area contributed by atoms with Crippen LogP contribution in [0.3, 0.4) is 0 Å². The molecule has 0 aromatic heterocycles. The Morgan fingerprint density at radius 2 is 1.83 bits per heavy atom. The Morgan fingerprint density at radius 1 is 1.20 bits per heavy atom. The molecule has 0 aliphatic heterocycles. The van der Waals surface area contributed by atoms with Crippen molar-refractivity contribution in [2.24, 2.45) is 0 Å². The fourth-order valence-corrected chi connectivity index (χ4v) is 2.42. The number of amides is 2. The first-order chi connectivity index (χ1) is 14.0. The minimum atomic E-state index is -1.05. The van der Waals surface area contributed by atoms with Gasteiger partial charge in [0.2, 0.25) is 5.91 Å². The van der Waals surface area contributed by atoms with Crippen molar-refractivity contribution in [3.8, 4) is 0 Å². The SMILES string of the molecule is C=CCOC(=O)CN(C)C(=O)[C@@H](NC(=O)OC(C)(C)C)C(C)OCc1ccccc1. The predicted octanol–water partition coefficient (Wildman–Crippen LogP) is 2.67. The van der Waals surface area contributed by atoms with E-state index in [1.807, 2.05) is 30.3 Å². The molecule has 1 aromatic carbocycles. The molecule has 30 heavy (non-hydrogen) atoms. The summed E-state index contributed by atoms with van der Waals surface area (Å²) in [6.45, 7) is 10.3. The molecule has 8 nitrogen and oxygen atoms in total. The van der Waals surface area contributed by atoms with Gasteiger partial charge in [-0.05, 0) is 33.3 Å². The molecule has 8 heteroatoms. The average Bonchev–Trinajstić information content (AvgIpc) is 2.67. The second-order valence-corrected chi connectivity index (χ2v) is 7.79. The van der Waals surface area contributed by atoms with E-state index < -0.39 is 35.7 Å². The molecule has 1 rings (SSSR count). The molecule has 2 amide bonds. The second kappa shape index (κ2) is 12.0. The Morgan fingerprint density at radius 3 is 2.40 bits per heavy atom. The van der Waals surface area contributed by atoms with E-state index in [0.29, 0.717) is 0 Å². The van der Waals surface area contributed by atoms with E-state index in [9.17, 15) is 14.4 Å². The van der Waals surface area contributed by atoms with Gasteiger partial charge >= 0.3 is 12.1 Å². The third kappa shape index (κ3) is 9.56. The Kier molecular flexibility index (Phi) is 10.0. The van der Waals surface area contributed by atoms with Gasteiger partial charge in [-0.3, -0.25) is 9.59 Å². The lowest BCUT2D eigenvalue weighted by molar-refractivity contribution is -0.149. The molecular formula is C22H32N2O6. The van der Waals surface area contributed by atoms with Gasteiger partial charge in [-0.1, -0.05) is 43.0 Å². The fourth-order valence-electron chi connectivity index (χ4n) is 2.42. The standard InChI is InChI=1S/C22H32N2O6/c1-7-13-28-18(25)14-24(6)20(26)19(23-21(27)30-22(3,4)5)16(2)29-15-17-11-9-8-10-12-17/h7-12,16,19H,1,13-15H2,2-6H3,(H,23,27)/t16?,19-/m0/s1. The van der Waals surface area contributed by atoms with Crippen LogP contribution in [0.4, 0.5) is 4.79 Å². The number of carbonyl (C=O) groups excluding carboxylic acids is 3. The smallest absolute Gasteiger partial charge is 0.408 e. The summed E-state index contributed by atoms with van der Waals surface area (Å²) in [5, 5.41) is 2.56. The number of hydrogen-bond donors (Lipinski definition) is 1. The third-order valence-electron chi connectivity index (χ3n) is 3.87. The van der Waals surface area contributed by atoms with Crippen molar-refractivity contribution in [2.45, 2.75) is 52.0 Å². The van der Waals surface area contributed by atoms with Gasteiger partial charge in [0.1, 0.15) is 24.8 Å². The molecule has 0 radical (unpaired) electrons. The highest BCUT2D eigenvalue weighted by atomic mass is 16.6. The Labute approximate surface area is 178 Å². The minimum Gasteiger partial charge on any atom is -0.460 e. The highest BCUT2D eigenvalue weighted by Crippen LogP contribution is 2.11. The van der Waals surface area contributed by atoms with Crippen LogP contribution in [0.1, 0.15) is 33.3 Å². The lowest BCUT2D eigenvalue weighted by atomic mass is 10.1.